The number of ketones is 1. The number of thiophene rings is 1. The van der Waals surface area contributed by atoms with Gasteiger partial charge in [-0.05, 0) is 30.7 Å². The molecule has 0 atom stereocenters. The van der Waals surface area contributed by atoms with E-state index in [1.54, 1.807) is 11.3 Å². The van der Waals surface area contributed by atoms with Gasteiger partial charge in [0.1, 0.15) is 0 Å². The van der Waals surface area contributed by atoms with Crippen molar-refractivity contribution < 1.29 is 9.59 Å². The topological polar surface area (TPSA) is 50.3 Å². The monoisotopic (exact) mass is 348 g/mol. The van der Waals surface area contributed by atoms with Gasteiger partial charge < -0.3 is 4.90 Å². The minimum absolute atomic E-state index is 0.148. The number of rotatable bonds is 6. The van der Waals surface area contributed by atoms with Gasteiger partial charge >= 0.3 is 0 Å². The predicted molar refractivity (Wildman–Crippen MR) is 93.2 cm³/mol. The van der Waals surface area contributed by atoms with Gasteiger partial charge in [0.15, 0.2) is 5.78 Å². The Balaban J connectivity index is 1.39. The van der Waals surface area contributed by atoms with Crippen LogP contribution in [0.2, 0.25) is 0 Å². The van der Waals surface area contributed by atoms with Gasteiger partial charge in [0.2, 0.25) is 5.91 Å². The SMILES string of the molecule is O=C(CCCC(=O)N1CCC(c2nccs2)CC1)c1cccs1. The standard InChI is InChI=1S/C17H20N2O2S2/c20-14(15-4-2-11-22-15)3-1-5-16(21)19-9-6-13(7-10-19)17-18-8-12-23-17/h2,4,8,11-13H,1,3,5-7,9-10H2. The number of likely N-dealkylation sites (tertiary alicyclic amines) is 1. The molecule has 0 bridgehead atoms. The van der Waals surface area contributed by atoms with E-state index in [1.807, 2.05) is 34.0 Å². The Morgan fingerprint density at radius 2 is 2.00 bits per heavy atom. The number of hydrogen-bond acceptors (Lipinski definition) is 5. The Labute approximate surface area is 144 Å². The van der Waals surface area contributed by atoms with Gasteiger partial charge in [-0.15, -0.1) is 22.7 Å². The number of Topliss-reactive ketones (excluding diaryl/α,β-unsaturated/α-hetero) is 1. The molecule has 1 fully saturated rings. The number of carbonyl (C=O) groups excluding carboxylic acids is 2. The van der Waals surface area contributed by atoms with Crippen LogP contribution in [0, 0.1) is 0 Å². The van der Waals surface area contributed by atoms with Crippen molar-refractivity contribution in [3.05, 3.63) is 39.0 Å². The van der Waals surface area contributed by atoms with E-state index < -0.39 is 0 Å². The highest BCUT2D eigenvalue weighted by atomic mass is 32.1. The largest absolute Gasteiger partial charge is 0.343 e. The van der Waals surface area contributed by atoms with Gasteiger partial charge in [-0.1, -0.05) is 6.07 Å². The van der Waals surface area contributed by atoms with Crippen molar-refractivity contribution in [1.82, 2.24) is 9.88 Å². The van der Waals surface area contributed by atoms with Crippen molar-refractivity contribution in [2.75, 3.05) is 13.1 Å². The lowest BCUT2D eigenvalue weighted by molar-refractivity contribution is -0.132. The minimum atomic E-state index is 0.148. The first-order chi connectivity index (χ1) is 11.2. The molecule has 0 N–H and O–H groups in total. The molecule has 2 aromatic heterocycles. The van der Waals surface area contributed by atoms with E-state index in [2.05, 4.69) is 4.98 Å². The lowest BCUT2D eigenvalue weighted by Crippen LogP contribution is -2.37. The second kappa shape index (κ2) is 7.84. The number of hydrogen-bond donors (Lipinski definition) is 0. The second-order valence-electron chi connectivity index (χ2n) is 5.78. The molecule has 0 aliphatic carbocycles. The summed E-state index contributed by atoms with van der Waals surface area (Å²) in [6, 6.07) is 3.73. The third-order valence-corrected chi connectivity index (χ3v) is 6.09. The molecule has 3 heterocycles. The summed E-state index contributed by atoms with van der Waals surface area (Å²) in [4.78, 5) is 31.3. The van der Waals surface area contributed by atoms with Crippen LogP contribution in [0.1, 0.15) is 52.7 Å². The zero-order valence-electron chi connectivity index (χ0n) is 12.9. The fraction of sp³-hybridized carbons (Fsp3) is 0.471. The van der Waals surface area contributed by atoms with Crippen LogP contribution in [-0.4, -0.2) is 34.7 Å². The molecule has 3 rings (SSSR count). The Bertz CT molecular complexity index is 630. The summed E-state index contributed by atoms with van der Waals surface area (Å²) < 4.78 is 0. The molecule has 0 saturated carbocycles. The Kier molecular flexibility index (Phi) is 5.56. The molecule has 0 radical (unpaired) electrons. The average molecular weight is 348 g/mol. The van der Waals surface area contributed by atoms with Gasteiger partial charge in [0, 0.05) is 43.4 Å². The maximum atomic E-state index is 12.3. The molecule has 122 valence electrons. The lowest BCUT2D eigenvalue weighted by Gasteiger charge is -2.31. The van der Waals surface area contributed by atoms with Crippen LogP contribution in [0.5, 0.6) is 0 Å². The van der Waals surface area contributed by atoms with Crippen molar-refractivity contribution >= 4 is 34.4 Å². The average Bonchev–Trinajstić information content (AvgIpc) is 3.28. The van der Waals surface area contributed by atoms with E-state index in [0.717, 1.165) is 30.8 Å². The molecule has 6 heteroatoms. The Hall–Kier alpha value is -1.53. The molecular weight excluding hydrogens is 328 g/mol. The zero-order valence-corrected chi connectivity index (χ0v) is 14.6. The zero-order chi connectivity index (χ0) is 16.1. The first-order valence-electron chi connectivity index (χ1n) is 7.98. The van der Waals surface area contributed by atoms with Crippen LogP contribution in [0.3, 0.4) is 0 Å². The number of amides is 1. The number of nitrogens with zero attached hydrogens (tertiary/aromatic N) is 2. The highest BCUT2D eigenvalue weighted by Crippen LogP contribution is 2.29. The number of carbonyl (C=O) groups is 2. The van der Waals surface area contributed by atoms with E-state index in [-0.39, 0.29) is 11.7 Å². The third kappa shape index (κ3) is 4.26. The molecular formula is C17H20N2O2S2. The fourth-order valence-corrected chi connectivity index (χ4v) is 4.44. The van der Waals surface area contributed by atoms with E-state index >= 15 is 0 Å². The molecule has 1 aliphatic rings. The first kappa shape index (κ1) is 16.3. The van der Waals surface area contributed by atoms with E-state index in [0.29, 0.717) is 25.2 Å². The summed E-state index contributed by atoms with van der Waals surface area (Å²) in [5, 5.41) is 5.11. The van der Waals surface area contributed by atoms with E-state index in [4.69, 9.17) is 0 Å². The fourth-order valence-electron chi connectivity index (χ4n) is 2.93. The van der Waals surface area contributed by atoms with Gasteiger partial charge in [-0.25, -0.2) is 4.98 Å². The Morgan fingerprint density at radius 1 is 1.17 bits per heavy atom. The van der Waals surface area contributed by atoms with Gasteiger partial charge in [-0.2, -0.15) is 0 Å². The molecule has 1 amide bonds. The van der Waals surface area contributed by atoms with Crippen LogP contribution < -0.4 is 0 Å². The van der Waals surface area contributed by atoms with Gasteiger partial charge in [-0.3, -0.25) is 9.59 Å². The summed E-state index contributed by atoms with van der Waals surface area (Å²) in [7, 11) is 0. The molecule has 0 unspecified atom stereocenters. The number of piperidine rings is 1. The summed E-state index contributed by atoms with van der Waals surface area (Å²) in [5.41, 5.74) is 0. The van der Waals surface area contributed by atoms with Crippen LogP contribution >= 0.6 is 22.7 Å². The Morgan fingerprint density at radius 3 is 2.65 bits per heavy atom. The quantitative estimate of drug-likeness (QED) is 0.742. The predicted octanol–water partition coefficient (Wildman–Crippen LogP) is 3.96. The van der Waals surface area contributed by atoms with Crippen LogP contribution in [-0.2, 0) is 4.79 Å². The van der Waals surface area contributed by atoms with Crippen molar-refractivity contribution in [1.29, 1.82) is 0 Å². The summed E-state index contributed by atoms with van der Waals surface area (Å²) >= 11 is 3.17. The molecule has 1 aliphatic heterocycles. The van der Waals surface area contributed by atoms with Gasteiger partial charge in [0.25, 0.3) is 0 Å². The summed E-state index contributed by atoms with van der Waals surface area (Å²) in [6.45, 7) is 1.61. The number of aromatic nitrogens is 1. The highest BCUT2D eigenvalue weighted by Gasteiger charge is 2.24. The van der Waals surface area contributed by atoms with Crippen molar-refractivity contribution in [2.24, 2.45) is 0 Å². The molecule has 2 aromatic rings. The van der Waals surface area contributed by atoms with Crippen LogP contribution in [0.25, 0.3) is 0 Å². The lowest BCUT2D eigenvalue weighted by atomic mass is 9.97. The van der Waals surface area contributed by atoms with Crippen molar-refractivity contribution in [3.8, 4) is 0 Å². The smallest absolute Gasteiger partial charge is 0.222 e. The van der Waals surface area contributed by atoms with Gasteiger partial charge in [0.05, 0.1) is 9.88 Å². The summed E-state index contributed by atoms with van der Waals surface area (Å²) in [5.74, 6) is 0.830. The normalized spacial score (nSPS) is 15.7. The maximum Gasteiger partial charge on any atom is 0.222 e. The molecule has 23 heavy (non-hydrogen) atoms. The molecule has 4 nitrogen and oxygen atoms in total. The molecule has 0 aromatic carbocycles. The third-order valence-electron chi connectivity index (χ3n) is 4.24. The van der Waals surface area contributed by atoms with Crippen molar-refractivity contribution in [3.63, 3.8) is 0 Å². The van der Waals surface area contributed by atoms with Crippen molar-refractivity contribution in [2.45, 2.75) is 38.0 Å². The molecule has 1 saturated heterocycles. The van der Waals surface area contributed by atoms with Crippen LogP contribution in [0.15, 0.2) is 29.1 Å². The molecule has 0 spiro atoms. The minimum Gasteiger partial charge on any atom is -0.343 e. The second-order valence-corrected chi connectivity index (χ2v) is 7.65. The summed E-state index contributed by atoms with van der Waals surface area (Å²) in [6.07, 6.45) is 5.41. The maximum absolute atomic E-state index is 12.3. The first-order valence-corrected chi connectivity index (χ1v) is 9.74. The van der Waals surface area contributed by atoms with E-state index in [9.17, 15) is 9.59 Å². The highest BCUT2D eigenvalue weighted by molar-refractivity contribution is 7.12. The van der Waals surface area contributed by atoms with Crippen LogP contribution in [0.4, 0.5) is 0 Å². The number of thiazole rings is 1. The van der Waals surface area contributed by atoms with E-state index in [1.165, 1.54) is 16.3 Å².